The molecule has 5 N–H and O–H groups in total. The molecular formula is C80H151N2O17P. The lowest BCUT2D eigenvalue weighted by molar-refractivity contribution is -0.270. The molecule has 0 aromatic carbocycles. The largest absolute Gasteiger partial charge is 0.470 e. The van der Waals surface area contributed by atoms with Gasteiger partial charge in [0.1, 0.15) is 36.6 Å². The summed E-state index contributed by atoms with van der Waals surface area (Å²) in [6, 6.07) is -1.57. The molecule has 0 aliphatic carbocycles. The third-order valence-corrected chi connectivity index (χ3v) is 19.9. The standard InChI is InChI=1S/C80H151N2O17P/c1-7-13-19-25-31-34-40-43-49-55-67(94-73(86)58-52-46-37-28-22-16-10-4)63-71(84)81-61-62-93-80-77(82-72(85)64-68(56-50-44-41-35-32-26-20-14-8-2)95-74(87)59-53-47-38-29-23-17-11-5)79(78(70(66-83)97-80)99-100(90,91)92)98-76(89)65-69(57-51-45-42-36-33-27-21-15-9-3)96-75(88)60-54-48-39-30-24-18-12-6/h67-70,77-80,83H,7-66H2,1-6H3,(H,81,84)(H,82,85)(H2,90,91,92)/t67-,68-,69-,70-,77-,78-,79-,80-/m1/s1. The van der Waals surface area contributed by atoms with E-state index in [2.05, 4.69) is 52.2 Å². The number of carbonyl (C=O) groups is 6. The SMILES string of the molecule is CCCCCCCCCCC[C@H](CC(=O)NCCO[C@@H]1O[C@H](CO)[C@@H](OP(=O)(O)O)[C@H](OC(=O)C[C@@H](CCCCCCCCCCC)OC(=O)CCCCCCCCC)[C@H]1NC(=O)C[C@@H](CCCCCCCCCCC)OC(=O)CCCCCCCCC)OC(=O)CCCCCCCCC. The van der Waals surface area contributed by atoms with Gasteiger partial charge >= 0.3 is 31.7 Å². The fourth-order valence-electron chi connectivity index (χ4n) is 13.3. The van der Waals surface area contributed by atoms with Crippen molar-refractivity contribution in [3.05, 3.63) is 0 Å². The first kappa shape index (κ1) is 94.8. The van der Waals surface area contributed by atoms with Crippen molar-refractivity contribution in [1.29, 1.82) is 0 Å². The van der Waals surface area contributed by atoms with Crippen LogP contribution in [0.15, 0.2) is 0 Å². The molecule has 588 valence electrons. The van der Waals surface area contributed by atoms with Crippen LogP contribution in [0.5, 0.6) is 0 Å². The van der Waals surface area contributed by atoms with Crippen molar-refractivity contribution in [2.75, 3.05) is 19.8 Å². The van der Waals surface area contributed by atoms with Crippen molar-refractivity contribution < 1.29 is 81.2 Å². The Morgan fingerprint density at radius 1 is 0.390 bits per heavy atom. The lowest BCUT2D eigenvalue weighted by Crippen LogP contribution is -2.66. The number of unbranched alkanes of at least 4 members (excludes halogenated alkanes) is 42. The van der Waals surface area contributed by atoms with Crippen molar-refractivity contribution >= 4 is 43.5 Å². The fraction of sp³-hybridized carbons (Fsp3) is 0.925. The van der Waals surface area contributed by atoms with Crippen molar-refractivity contribution in [1.82, 2.24) is 10.6 Å². The normalized spacial score (nSPS) is 17.1. The predicted octanol–water partition coefficient (Wildman–Crippen LogP) is 19.8. The molecule has 19 nitrogen and oxygen atoms in total. The molecule has 0 saturated carbocycles. The van der Waals surface area contributed by atoms with Gasteiger partial charge in [-0.25, -0.2) is 4.57 Å². The maximum Gasteiger partial charge on any atom is 0.470 e. The summed E-state index contributed by atoms with van der Waals surface area (Å²) in [5.74, 6) is -3.20. The van der Waals surface area contributed by atoms with Crippen molar-refractivity contribution in [3.8, 4) is 0 Å². The van der Waals surface area contributed by atoms with E-state index in [1.165, 1.54) is 103 Å². The molecule has 0 spiro atoms. The van der Waals surface area contributed by atoms with E-state index in [0.717, 1.165) is 180 Å². The van der Waals surface area contributed by atoms with Gasteiger partial charge in [-0.2, -0.15) is 0 Å². The van der Waals surface area contributed by atoms with Gasteiger partial charge in [0, 0.05) is 25.8 Å². The van der Waals surface area contributed by atoms with Crippen LogP contribution in [-0.4, -0.2) is 119 Å². The number of hydrogen-bond acceptors (Lipinski definition) is 15. The number of aliphatic hydroxyl groups is 1. The van der Waals surface area contributed by atoms with Crippen LogP contribution in [0.1, 0.15) is 408 Å². The van der Waals surface area contributed by atoms with E-state index in [-0.39, 0.29) is 51.2 Å². The van der Waals surface area contributed by atoms with Crippen LogP contribution < -0.4 is 10.6 Å². The Hall–Kier alpha value is -3.19. The molecule has 0 radical (unpaired) electrons. The summed E-state index contributed by atoms with van der Waals surface area (Å²) in [5.41, 5.74) is 0. The second kappa shape index (κ2) is 66.5. The first-order chi connectivity index (χ1) is 48.5. The number of amides is 2. The summed E-state index contributed by atoms with van der Waals surface area (Å²) < 4.78 is 55.2. The Balaban J connectivity index is 3.70. The van der Waals surface area contributed by atoms with Crippen LogP contribution in [0.3, 0.4) is 0 Å². The molecular weight excluding hydrogens is 1290 g/mol. The van der Waals surface area contributed by atoms with Gasteiger partial charge in [0.05, 0.1) is 32.5 Å². The minimum atomic E-state index is -5.46. The Morgan fingerprint density at radius 2 is 0.690 bits per heavy atom. The maximum atomic E-state index is 14.7. The number of rotatable bonds is 72. The molecule has 100 heavy (non-hydrogen) atoms. The molecule has 2 amide bonds. The average molecular weight is 1440 g/mol. The smallest absolute Gasteiger partial charge is 0.462 e. The summed E-state index contributed by atoms with van der Waals surface area (Å²) in [4.78, 5) is 104. The summed E-state index contributed by atoms with van der Waals surface area (Å²) in [7, 11) is -5.46. The van der Waals surface area contributed by atoms with Gasteiger partial charge in [0.15, 0.2) is 12.4 Å². The van der Waals surface area contributed by atoms with E-state index in [0.29, 0.717) is 44.9 Å². The van der Waals surface area contributed by atoms with Crippen LogP contribution in [0.2, 0.25) is 0 Å². The summed E-state index contributed by atoms with van der Waals surface area (Å²) >= 11 is 0. The predicted molar refractivity (Wildman–Crippen MR) is 400 cm³/mol. The average Bonchev–Trinajstić information content (AvgIpc) is 0.782. The Labute approximate surface area is 608 Å². The number of phosphoric acid groups is 1. The molecule has 1 aliphatic heterocycles. The zero-order valence-electron chi connectivity index (χ0n) is 64.5. The first-order valence-corrected chi connectivity index (χ1v) is 43.0. The summed E-state index contributed by atoms with van der Waals surface area (Å²) in [6.45, 7) is 11.8. The second-order valence-corrected chi connectivity index (χ2v) is 30.2. The highest BCUT2D eigenvalue weighted by atomic mass is 31.2. The van der Waals surface area contributed by atoms with Gasteiger partial charge in [0.2, 0.25) is 11.8 Å². The molecule has 0 bridgehead atoms. The van der Waals surface area contributed by atoms with Crippen LogP contribution in [-0.2, 0) is 66.3 Å². The van der Waals surface area contributed by atoms with Crippen molar-refractivity contribution in [3.63, 3.8) is 0 Å². The quantitative estimate of drug-likeness (QED) is 0.0164. The molecule has 1 saturated heterocycles. The zero-order valence-corrected chi connectivity index (χ0v) is 65.4. The third-order valence-electron chi connectivity index (χ3n) is 19.3. The number of carbonyl (C=O) groups excluding carboxylic acids is 6. The van der Waals surface area contributed by atoms with Gasteiger partial charge < -0.3 is 53.9 Å². The highest BCUT2D eigenvalue weighted by Gasteiger charge is 2.52. The van der Waals surface area contributed by atoms with Crippen LogP contribution in [0.4, 0.5) is 0 Å². The number of nitrogens with one attached hydrogen (secondary N) is 2. The van der Waals surface area contributed by atoms with E-state index < -0.39 is 99.5 Å². The van der Waals surface area contributed by atoms with Crippen molar-refractivity contribution in [2.24, 2.45) is 0 Å². The van der Waals surface area contributed by atoms with E-state index in [1.54, 1.807) is 0 Å². The van der Waals surface area contributed by atoms with Gasteiger partial charge in [-0.05, 0) is 57.8 Å². The molecule has 0 unspecified atom stereocenters. The molecule has 1 fully saturated rings. The number of aliphatic hydroxyl groups excluding tert-OH is 1. The Kier molecular flexibility index (Phi) is 63.0. The molecule has 1 rings (SSSR count). The molecule has 1 aliphatic rings. The van der Waals surface area contributed by atoms with E-state index >= 15 is 0 Å². The molecule has 0 aromatic rings. The fourth-order valence-corrected chi connectivity index (χ4v) is 13.9. The van der Waals surface area contributed by atoms with E-state index in [4.69, 9.17) is 32.9 Å². The first-order valence-electron chi connectivity index (χ1n) is 41.5. The number of ether oxygens (including phenoxy) is 6. The maximum absolute atomic E-state index is 14.7. The highest BCUT2D eigenvalue weighted by molar-refractivity contribution is 7.46. The van der Waals surface area contributed by atoms with Crippen LogP contribution in [0, 0.1) is 0 Å². The van der Waals surface area contributed by atoms with Gasteiger partial charge in [-0.3, -0.25) is 33.3 Å². The Morgan fingerprint density at radius 3 is 1.01 bits per heavy atom. The van der Waals surface area contributed by atoms with E-state index in [9.17, 15) is 48.2 Å². The molecule has 20 heteroatoms. The molecule has 8 atom stereocenters. The minimum absolute atomic E-state index is 0.0806. The highest BCUT2D eigenvalue weighted by Crippen LogP contribution is 2.42. The van der Waals surface area contributed by atoms with E-state index in [1.807, 2.05) is 0 Å². The summed E-state index contributed by atoms with van der Waals surface area (Å²) in [5, 5.41) is 16.6. The molecule has 0 aromatic heterocycles. The minimum Gasteiger partial charge on any atom is -0.462 e. The third kappa shape index (κ3) is 55.3. The second-order valence-electron chi connectivity index (χ2n) is 29.0. The van der Waals surface area contributed by atoms with Crippen LogP contribution in [0.25, 0.3) is 0 Å². The lowest BCUT2D eigenvalue weighted by Gasteiger charge is -2.45. The zero-order chi connectivity index (χ0) is 73.4. The molecule has 1 heterocycles. The number of esters is 4. The van der Waals surface area contributed by atoms with Gasteiger partial charge in [0.25, 0.3) is 0 Å². The lowest BCUT2D eigenvalue weighted by atomic mass is 9.96. The van der Waals surface area contributed by atoms with Gasteiger partial charge in [-0.15, -0.1) is 0 Å². The van der Waals surface area contributed by atoms with Crippen molar-refractivity contribution in [2.45, 2.75) is 456 Å². The monoisotopic (exact) mass is 1440 g/mol. The van der Waals surface area contributed by atoms with Gasteiger partial charge in [-0.1, -0.05) is 311 Å². The van der Waals surface area contributed by atoms with Crippen LogP contribution >= 0.6 is 7.82 Å². The topological polar surface area (TPSA) is 269 Å². The Bertz CT molecular complexity index is 2030. The summed E-state index contributed by atoms with van der Waals surface area (Å²) in [6.07, 6.45) is 42.2. The number of hydrogen-bond donors (Lipinski definition) is 5. The number of phosphoric ester groups is 1.